The molecule has 0 unspecified atom stereocenters. The molecule has 1 nitrogen and oxygen atoms in total. The Morgan fingerprint density at radius 1 is 1.36 bits per heavy atom. The molecule has 74 valence electrons. The topological polar surface area (TPSA) is 9.23 Å². The van der Waals surface area contributed by atoms with Crippen molar-refractivity contribution in [2.24, 2.45) is 5.92 Å². The SMILES string of the molecule is BrC1=CC(Br)=C2O[C@@H]3CCC=C3[C@@H]2C1. The Bertz CT molecular complexity index is 379. The van der Waals surface area contributed by atoms with Crippen molar-refractivity contribution in [3.05, 3.63) is 32.4 Å². The van der Waals surface area contributed by atoms with Crippen molar-refractivity contribution >= 4 is 31.9 Å². The van der Waals surface area contributed by atoms with Gasteiger partial charge in [0.05, 0.1) is 4.48 Å². The maximum Gasteiger partial charge on any atom is 0.120 e. The van der Waals surface area contributed by atoms with Gasteiger partial charge in [-0.1, -0.05) is 22.0 Å². The van der Waals surface area contributed by atoms with Gasteiger partial charge in [-0.05, 0) is 51.3 Å². The van der Waals surface area contributed by atoms with E-state index in [9.17, 15) is 0 Å². The molecule has 0 aromatic heterocycles. The van der Waals surface area contributed by atoms with E-state index in [1.807, 2.05) is 0 Å². The largest absolute Gasteiger partial charge is 0.489 e. The van der Waals surface area contributed by atoms with Gasteiger partial charge in [0.1, 0.15) is 11.9 Å². The summed E-state index contributed by atoms with van der Waals surface area (Å²) < 4.78 is 8.32. The van der Waals surface area contributed by atoms with Gasteiger partial charge >= 0.3 is 0 Å². The summed E-state index contributed by atoms with van der Waals surface area (Å²) in [5.41, 5.74) is 1.50. The third-order valence-corrected chi connectivity index (χ3v) is 4.26. The van der Waals surface area contributed by atoms with Gasteiger partial charge in [-0.15, -0.1) is 0 Å². The lowest BCUT2D eigenvalue weighted by atomic mass is 9.92. The summed E-state index contributed by atoms with van der Waals surface area (Å²) >= 11 is 7.14. The van der Waals surface area contributed by atoms with E-state index in [0.717, 1.165) is 23.1 Å². The second-order valence-corrected chi connectivity index (χ2v) is 5.82. The first-order valence-electron chi connectivity index (χ1n) is 4.88. The number of fused-ring (bicyclic) bond motifs is 3. The van der Waals surface area contributed by atoms with Gasteiger partial charge in [0.15, 0.2) is 0 Å². The Morgan fingerprint density at radius 2 is 2.21 bits per heavy atom. The lowest BCUT2D eigenvalue weighted by Gasteiger charge is -2.16. The van der Waals surface area contributed by atoms with Crippen LogP contribution in [-0.2, 0) is 4.74 Å². The minimum absolute atomic E-state index is 0.370. The molecule has 3 aliphatic rings. The minimum atomic E-state index is 0.370. The van der Waals surface area contributed by atoms with Crippen LogP contribution in [0, 0.1) is 5.92 Å². The van der Waals surface area contributed by atoms with Crippen molar-refractivity contribution in [1.29, 1.82) is 0 Å². The number of hydrogen-bond acceptors (Lipinski definition) is 1. The van der Waals surface area contributed by atoms with E-state index in [4.69, 9.17) is 4.74 Å². The van der Waals surface area contributed by atoms with Gasteiger partial charge in [-0.25, -0.2) is 0 Å². The Labute approximate surface area is 100 Å². The molecule has 0 spiro atoms. The predicted molar refractivity (Wildman–Crippen MR) is 63.3 cm³/mol. The van der Waals surface area contributed by atoms with Gasteiger partial charge in [0.25, 0.3) is 0 Å². The van der Waals surface area contributed by atoms with Crippen molar-refractivity contribution in [2.45, 2.75) is 25.4 Å². The van der Waals surface area contributed by atoms with Crippen LogP contribution in [0.25, 0.3) is 0 Å². The molecule has 0 saturated carbocycles. The molecule has 0 amide bonds. The first kappa shape index (κ1) is 9.22. The highest BCUT2D eigenvalue weighted by atomic mass is 79.9. The van der Waals surface area contributed by atoms with E-state index in [0.29, 0.717) is 12.0 Å². The predicted octanol–water partition coefficient (Wildman–Crippen LogP) is 4.01. The van der Waals surface area contributed by atoms with Gasteiger partial charge in [0, 0.05) is 5.92 Å². The van der Waals surface area contributed by atoms with Gasteiger partial charge in [-0.2, -0.15) is 0 Å². The van der Waals surface area contributed by atoms with E-state index in [1.54, 1.807) is 0 Å². The molecule has 0 aromatic rings. The minimum Gasteiger partial charge on any atom is -0.489 e. The Morgan fingerprint density at radius 3 is 3.07 bits per heavy atom. The van der Waals surface area contributed by atoms with Crippen LogP contribution in [0.3, 0.4) is 0 Å². The highest BCUT2D eigenvalue weighted by Gasteiger charge is 2.40. The quantitative estimate of drug-likeness (QED) is 0.613. The van der Waals surface area contributed by atoms with Crippen molar-refractivity contribution in [1.82, 2.24) is 0 Å². The highest BCUT2D eigenvalue weighted by Crippen LogP contribution is 2.49. The number of rotatable bonds is 0. The lowest BCUT2D eigenvalue weighted by molar-refractivity contribution is 0.173. The molecule has 3 heteroatoms. The molecule has 0 radical (unpaired) electrons. The number of allylic oxidation sites excluding steroid dienone is 5. The molecule has 14 heavy (non-hydrogen) atoms. The first-order valence-corrected chi connectivity index (χ1v) is 6.46. The average molecular weight is 318 g/mol. The van der Waals surface area contributed by atoms with E-state index in [1.165, 1.54) is 16.5 Å². The molecule has 0 N–H and O–H groups in total. The summed E-state index contributed by atoms with van der Waals surface area (Å²) in [5.74, 6) is 1.64. The lowest BCUT2D eigenvalue weighted by Crippen LogP contribution is -2.05. The maximum absolute atomic E-state index is 5.95. The van der Waals surface area contributed by atoms with Crippen LogP contribution >= 0.6 is 31.9 Å². The van der Waals surface area contributed by atoms with Crippen molar-refractivity contribution in [3.8, 4) is 0 Å². The smallest absolute Gasteiger partial charge is 0.120 e. The fourth-order valence-electron chi connectivity index (χ4n) is 2.48. The van der Waals surface area contributed by atoms with Crippen LogP contribution in [0.2, 0.25) is 0 Å². The summed E-state index contributed by atoms with van der Waals surface area (Å²) in [4.78, 5) is 0. The maximum atomic E-state index is 5.95. The van der Waals surface area contributed by atoms with Gasteiger partial charge in [-0.3, -0.25) is 0 Å². The number of hydrogen-bond donors (Lipinski definition) is 0. The van der Waals surface area contributed by atoms with E-state index >= 15 is 0 Å². The van der Waals surface area contributed by atoms with Crippen molar-refractivity contribution in [2.75, 3.05) is 0 Å². The van der Waals surface area contributed by atoms with Crippen molar-refractivity contribution in [3.63, 3.8) is 0 Å². The second-order valence-electron chi connectivity index (χ2n) is 3.95. The summed E-state index contributed by atoms with van der Waals surface area (Å²) in [6.45, 7) is 0. The van der Waals surface area contributed by atoms with Gasteiger partial charge in [0.2, 0.25) is 0 Å². The summed E-state index contributed by atoms with van der Waals surface area (Å²) in [6, 6.07) is 0. The zero-order valence-electron chi connectivity index (χ0n) is 7.59. The molecule has 1 saturated heterocycles. The summed E-state index contributed by atoms with van der Waals surface area (Å²) in [7, 11) is 0. The van der Waals surface area contributed by atoms with Crippen LogP contribution in [0.4, 0.5) is 0 Å². The third kappa shape index (κ3) is 1.25. The van der Waals surface area contributed by atoms with Crippen LogP contribution in [0.15, 0.2) is 32.4 Å². The fourth-order valence-corrected chi connectivity index (χ4v) is 3.98. The van der Waals surface area contributed by atoms with Crippen LogP contribution in [0.1, 0.15) is 19.3 Å². The molecule has 1 aliphatic heterocycles. The molecule has 2 atom stereocenters. The normalized spacial score (nSPS) is 34.7. The standard InChI is InChI=1S/C11H10Br2O/c12-6-4-8-7-2-1-3-10(7)14-11(8)9(13)5-6/h2,5,8,10H,1,3-4H2/t8-,10+/m0/s1. The zero-order valence-corrected chi connectivity index (χ0v) is 10.8. The molecule has 3 rings (SSSR count). The summed E-state index contributed by atoms with van der Waals surface area (Å²) in [6.07, 6.45) is 8.24. The zero-order chi connectivity index (χ0) is 9.71. The molecule has 1 heterocycles. The van der Waals surface area contributed by atoms with E-state index in [-0.39, 0.29) is 0 Å². The van der Waals surface area contributed by atoms with Crippen LogP contribution < -0.4 is 0 Å². The molecule has 2 aliphatic carbocycles. The monoisotopic (exact) mass is 316 g/mol. The van der Waals surface area contributed by atoms with E-state index in [2.05, 4.69) is 44.0 Å². The summed E-state index contributed by atoms with van der Waals surface area (Å²) in [5, 5.41) is 0. The number of halogens is 2. The Hall–Kier alpha value is -0.0200. The number of ether oxygens (including phenoxy) is 1. The van der Waals surface area contributed by atoms with Crippen LogP contribution in [-0.4, -0.2) is 6.10 Å². The second kappa shape index (κ2) is 3.24. The third-order valence-electron chi connectivity index (χ3n) is 3.09. The molecule has 1 fully saturated rings. The van der Waals surface area contributed by atoms with Crippen molar-refractivity contribution < 1.29 is 4.74 Å². The molecule has 0 bridgehead atoms. The highest BCUT2D eigenvalue weighted by molar-refractivity contribution is 9.12. The van der Waals surface area contributed by atoms with E-state index < -0.39 is 0 Å². The molecular weight excluding hydrogens is 308 g/mol. The Balaban J connectivity index is 2.05. The fraction of sp³-hybridized carbons (Fsp3) is 0.455. The van der Waals surface area contributed by atoms with Crippen LogP contribution in [0.5, 0.6) is 0 Å². The Kier molecular flexibility index (Phi) is 2.13. The molecule has 0 aromatic carbocycles. The molecular formula is C11H10Br2O. The first-order chi connectivity index (χ1) is 6.75. The van der Waals surface area contributed by atoms with Gasteiger partial charge < -0.3 is 4.74 Å². The average Bonchev–Trinajstić information content (AvgIpc) is 2.65.